The van der Waals surface area contributed by atoms with E-state index in [0.29, 0.717) is 31.3 Å². The summed E-state index contributed by atoms with van der Waals surface area (Å²) in [6, 6.07) is 7.09. The molecule has 1 heterocycles. The first-order chi connectivity index (χ1) is 13.1. The van der Waals surface area contributed by atoms with Crippen molar-refractivity contribution in [3.05, 3.63) is 48.0 Å². The maximum absolute atomic E-state index is 11.5. The molecule has 0 aromatic heterocycles. The maximum atomic E-state index is 11.5. The van der Waals surface area contributed by atoms with Crippen molar-refractivity contribution in [2.24, 2.45) is 5.92 Å². The molecule has 0 N–H and O–H groups in total. The summed E-state index contributed by atoms with van der Waals surface area (Å²) in [5.41, 5.74) is 1.41. The number of carbonyl (C=O) groups excluding carboxylic acids is 2. The normalized spacial score (nSPS) is 19.3. The van der Waals surface area contributed by atoms with Crippen LogP contribution in [0.3, 0.4) is 0 Å². The lowest BCUT2D eigenvalue weighted by molar-refractivity contribution is -0.206. The lowest BCUT2D eigenvalue weighted by Gasteiger charge is -2.29. The van der Waals surface area contributed by atoms with Gasteiger partial charge in [-0.05, 0) is 25.0 Å². The summed E-state index contributed by atoms with van der Waals surface area (Å²) < 4.78 is 21.3. The molecule has 0 amide bonds. The van der Waals surface area contributed by atoms with Crippen LogP contribution in [0, 0.1) is 5.92 Å². The van der Waals surface area contributed by atoms with Gasteiger partial charge in [0.05, 0.1) is 32.5 Å². The summed E-state index contributed by atoms with van der Waals surface area (Å²) in [6.45, 7) is 5.15. The fourth-order valence-electron chi connectivity index (χ4n) is 2.92. The first kappa shape index (κ1) is 21.1. The van der Waals surface area contributed by atoms with E-state index < -0.39 is 0 Å². The molecule has 1 aliphatic heterocycles. The minimum atomic E-state index is -0.382. The fourth-order valence-corrected chi connectivity index (χ4v) is 2.92. The molecule has 27 heavy (non-hydrogen) atoms. The highest BCUT2D eigenvalue weighted by molar-refractivity contribution is 5.89. The van der Waals surface area contributed by atoms with Gasteiger partial charge in [-0.2, -0.15) is 0 Å². The second-order valence-corrected chi connectivity index (χ2v) is 6.55. The quantitative estimate of drug-likeness (QED) is 0.351. The number of ether oxygens (including phenoxy) is 4. The number of rotatable bonds is 10. The van der Waals surface area contributed by atoms with Gasteiger partial charge in [-0.1, -0.05) is 38.0 Å². The van der Waals surface area contributed by atoms with Crippen molar-refractivity contribution >= 4 is 11.9 Å². The van der Waals surface area contributed by atoms with E-state index in [1.54, 1.807) is 12.1 Å². The van der Waals surface area contributed by atoms with E-state index in [1.807, 2.05) is 12.1 Å². The van der Waals surface area contributed by atoms with Crippen molar-refractivity contribution in [1.82, 2.24) is 0 Å². The standard InChI is InChI=1S/C21H28O6/c1-3-19(22)25-13-7-5-4-6-8-16-14-26-21(27-15-16)18-11-9-17(10-12-18)20(23)24-2/h3,9-12,16,21H,1,4-8,13-15H2,2H3. The molecule has 0 unspecified atom stereocenters. The average Bonchev–Trinajstić information content (AvgIpc) is 2.72. The molecule has 0 spiro atoms. The van der Waals surface area contributed by atoms with Gasteiger partial charge in [-0.3, -0.25) is 0 Å². The first-order valence-electron chi connectivity index (χ1n) is 9.34. The Balaban J connectivity index is 1.59. The van der Waals surface area contributed by atoms with Crippen molar-refractivity contribution in [3.8, 4) is 0 Å². The van der Waals surface area contributed by atoms with Gasteiger partial charge in [0.25, 0.3) is 0 Å². The predicted molar refractivity (Wildman–Crippen MR) is 100 cm³/mol. The molecule has 1 fully saturated rings. The topological polar surface area (TPSA) is 71.1 Å². The average molecular weight is 376 g/mol. The number of methoxy groups -OCH3 is 1. The van der Waals surface area contributed by atoms with E-state index in [9.17, 15) is 9.59 Å². The third-order valence-corrected chi connectivity index (χ3v) is 4.49. The minimum Gasteiger partial charge on any atom is -0.465 e. The molecule has 1 aliphatic rings. The van der Waals surface area contributed by atoms with Gasteiger partial charge in [-0.25, -0.2) is 9.59 Å². The van der Waals surface area contributed by atoms with Crippen LogP contribution in [0.1, 0.15) is 54.3 Å². The fraction of sp³-hybridized carbons (Fsp3) is 0.524. The Kier molecular flexibility index (Phi) is 9.01. The summed E-state index contributed by atoms with van der Waals surface area (Å²) in [6.07, 6.45) is 5.97. The van der Waals surface area contributed by atoms with Gasteiger partial charge in [-0.15, -0.1) is 0 Å². The van der Waals surface area contributed by atoms with Crippen molar-refractivity contribution < 1.29 is 28.5 Å². The molecule has 2 rings (SSSR count). The summed E-state index contributed by atoms with van der Waals surface area (Å²) in [5, 5.41) is 0. The molecular weight excluding hydrogens is 348 g/mol. The highest BCUT2D eigenvalue weighted by atomic mass is 16.7. The predicted octanol–water partition coefficient (Wildman–Crippen LogP) is 3.81. The van der Waals surface area contributed by atoms with Gasteiger partial charge in [0, 0.05) is 17.6 Å². The third kappa shape index (κ3) is 7.15. The zero-order chi connectivity index (χ0) is 19.5. The van der Waals surface area contributed by atoms with E-state index in [2.05, 4.69) is 6.58 Å². The largest absolute Gasteiger partial charge is 0.465 e. The van der Waals surface area contributed by atoms with Crippen LogP contribution in [0.2, 0.25) is 0 Å². The second kappa shape index (κ2) is 11.5. The molecule has 6 nitrogen and oxygen atoms in total. The molecule has 1 aromatic rings. The van der Waals surface area contributed by atoms with E-state index in [-0.39, 0.29) is 18.2 Å². The van der Waals surface area contributed by atoms with Crippen LogP contribution in [0.15, 0.2) is 36.9 Å². The number of unbranched alkanes of at least 4 members (excludes halogenated alkanes) is 3. The van der Waals surface area contributed by atoms with Crippen LogP contribution < -0.4 is 0 Å². The Labute approximate surface area is 160 Å². The van der Waals surface area contributed by atoms with Crippen LogP contribution >= 0.6 is 0 Å². The Morgan fingerprint density at radius 2 is 1.78 bits per heavy atom. The summed E-state index contributed by atoms with van der Waals surface area (Å²) in [5.74, 6) is -0.318. The SMILES string of the molecule is C=CC(=O)OCCCCCCC1COC(c2ccc(C(=O)OC)cc2)OC1. The van der Waals surface area contributed by atoms with Gasteiger partial charge in [0.1, 0.15) is 0 Å². The number of hydrogen-bond acceptors (Lipinski definition) is 6. The Hall–Kier alpha value is -2.18. The second-order valence-electron chi connectivity index (χ2n) is 6.55. The van der Waals surface area contributed by atoms with E-state index >= 15 is 0 Å². The molecule has 0 aliphatic carbocycles. The van der Waals surface area contributed by atoms with Crippen molar-refractivity contribution in [2.45, 2.75) is 38.4 Å². The Bertz CT molecular complexity index is 602. The molecule has 1 aromatic carbocycles. The highest BCUT2D eigenvalue weighted by Gasteiger charge is 2.23. The maximum Gasteiger partial charge on any atom is 0.337 e. The van der Waals surface area contributed by atoms with Gasteiger partial charge in [0.2, 0.25) is 0 Å². The number of benzene rings is 1. The number of carbonyl (C=O) groups is 2. The zero-order valence-corrected chi connectivity index (χ0v) is 15.9. The monoisotopic (exact) mass is 376 g/mol. The van der Waals surface area contributed by atoms with Crippen LogP contribution in [-0.2, 0) is 23.7 Å². The number of esters is 2. The van der Waals surface area contributed by atoms with Crippen molar-refractivity contribution in [2.75, 3.05) is 26.9 Å². The molecule has 148 valence electrons. The minimum absolute atomic E-state index is 0.356. The molecule has 0 bridgehead atoms. The van der Waals surface area contributed by atoms with Crippen molar-refractivity contribution in [1.29, 1.82) is 0 Å². The summed E-state index contributed by atoms with van der Waals surface area (Å²) in [7, 11) is 1.36. The van der Waals surface area contributed by atoms with Crippen molar-refractivity contribution in [3.63, 3.8) is 0 Å². The van der Waals surface area contributed by atoms with Gasteiger partial charge < -0.3 is 18.9 Å². The zero-order valence-electron chi connectivity index (χ0n) is 15.9. The molecule has 6 heteroatoms. The highest BCUT2D eigenvalue weighted by Crippen LogP contribution is 2.27. The smallest absolute Gasteiger partial charge is 0.337 e. The third-order valence-electron chi connectivity index (χ3n) is 4.49. The van der Waals surface area contributed by atoms with E-state index in [0.717, 1.165) is 37.7 Å². The van der Waals surface area contributed by atoms with E-state index in [1.165, 1.54) is 13.2 Å². The Morgan fingerprint density at radius 3 is 2.41 bits per heavy atom. The van der Waals surface area contributed by atoms with Crippen LogP contribution in [0.4, 0.5) is 0 Å². The Morgan fingerprint density at radius 1 is 1.11 bits per heavy atom. The molecule has 1 saturated heterocycles. The van der Waals surface area contributed by atoms with Crippen LogP contribution in [-0.4, -0.2) is 38.9 Å². The van der Waals surface area contributed by atoms with E-state index in [4.69, 9.17) is 18.9 Å². The number of hydrogen-bond donors (Lipinski definition) is 0. The molecule has 0 saturated carbocycles. The van der Waals surface area contributed by atoms with Crippen LogP contribution in [0.5, 0.6) is 0 Å². The van der Waals surface area contributed by atoms with Gasteiger partial charge in [0.15, 0.2) is 6.29 Å². The summed E-state index contributed by atoms with van der Waals surface area (Å²) >= 11 is 0. The molecule has 0 radical (unpaired) electrons. The molecular formula is C21H28O6. The first-order valence-corrected chi connectivity index (χ1v) is 9.34. The lowest BCUT2D eigenvalue weighted by Crippen LogP contribution is -2.27. The lowest BCUT2D eigenvalue weighted by atomic mass is 10.0. The summed E-state index contributed by atoms with van der Waals surface area (Å²) in [4.78, 5) is 22.4. The van der Waals surface area contributed by atoms with Crippen LogP contribution in [0.25, 0.3) is 0 Å². The molecule has 0 atom stereocenters. The van der Waals surface area contributed by atoms with Gasteiger partial charge >= 0.3 is 11.9 Å².